The molecule has 0 radical (unpaired) electrons. The average molecular weight is 244 g/mol. The first-order valence-corrected chi connectivity index (χ1v) is 5.55. The molecule has 0 aliphatic heterocycles. The number of nitriles is 1. The third kappa shape index (κ3) is 4.30. The molecule has 1 aromatic rings. The Kier molecular flexibility index (Phi) is 4.11. The first-order chi connectivity index (χ1) is 8.31. The van der Waals surface area contributed by atoms with Crippen molar-refractivity contribution in [3.05, 3.63) is 35.4 Å². The van der Waals surface area contributed by atoms with Gasteiger partial charge in [-0.25, -0.2) is 0 Å². The van der Waals surface area contributed by atoms with Gasteiger partial charge in [-0.1, -0.05) is 12.1 Å². The third-order valence-corrected chi connectivity index (χ3v) is 2.06. The quantitative estimate of drug-likeness (QED) is 0.618. The van der Waals surface area contributed by atoms with E-state index in [2.05, 4.69) is 5.32 Å². The van der Waals surface area contributed by atoms with E-state index < -0.39 is 5.91 Å². The minimum Gasteiger partial charge on any atom is -0.508 e. The van der Waals surface area contributed by atoms with Crippen LogP contribution in [0.2, 0.25) is 0 Å². The molecule has 4 nitrogen and oxygen atoms in total. The Morgan fingerprint density at radius 1 is 1.33 bits per heavy atom. The fourth-order valence-electron chi connectivity index (χ4n) is 1.29. The molecule has 4 heteroatoms. The minimum absolute atomic E-state index is 0.0376. The van der Waals surface area contributed by atoms with Crippen molar-refractivity contribution in [2.24, 2.45) is 0 Å². The Labute approximate surface area is 107 Å². The van der Waals surface area contributed by atoms with E-state index in [9.17, 15) is 4.79 Å². The van der Waals surface area contributed by atoms with E-state index in [1.165, 1.54) is 18.2 Å². The van der Waals surface area contributed by atoms with Crippen LogP contribution in [0.4, 0.5) is 0 Å². The molecule has 94 valence electrons. The Balaban J connectivity index is 2.94. The number of carbonyl (C=O) groups excluding carboxylic acids is 1. The molecular formula is C14H16N2O2. The van der Waals surface area contributed by atoms with Crippen molar-refractivity contribution in [2.75, 3.05) is 0 Å². The molecule has 0 aliphatic carbocycles. The molecule has 1 amide bonds. The van der Waals surface area contributed by atoms with Gasteiger partial charge in [-0.05, 0) is 44.5 Å². The third-order valence-electron chi connectivity index (χ3n) is 2.06. The molecule has 18 heavy (non-hydrogen) atoms. The lowest BCUT2D eigenvalue weighted by molar-refractivity contribution is -0.118. The van der Waals surface area contributed by atoms with Crippen LogP contribution in [0.15, 0.2) is 29.8 Å². The minimum atomic E-state index is -0.405. The van der Waals surface area contributed by atoms with Crippen molar-refractivity contribution in [1.82, 2.24) is 5.32 Å². The molecule has 0 atom stereocenters. The second kappa shape index (κ2) is 5.37. The average Bonchev–Trinajstić information content (AvgIpc) is 2.25. The topological polar surface area (TPSA) is 73.1 Å². The summed E-state index contributed by atoms with van der Waals surface area (Å²) in [5.41, 5.74) is 0.339. The summed E-state index contributed by atoms with van der Waals surface area (Å²) >= 11 is 0. The van der Waals surface area contributed by atoms with Crippen molar-refractivity contribution < 1.29 is 9.90 Å². The van der Waals surface area contributed by atoms with Gasteiger partial charge in [0, 0.05) is 5.54 Å². The predicted octanol–water partition coefficient (Wildman–Crippen LogP) is 2.21. The zero-order valence-corrected chi connectivity index (χ0v) is 10.7. The number of hydrogen-bond acceptors (Lipinski definition) is 3. The van der Waals surface area contributed by atoms with Crippen molar-refractivity contribution in [3.8, 4) is 11.8 Å². The molecule has 0 saturated carbocycles. The number of amides is 1. The van der Waals surface area contributed by atoms with Crippen LogP contribution in [0.25, 0.3) is 6.08 Å². The second-order valence-corrected chi connectivity index (χ2v) is 4.97. The summed E-state index contributed by atoms with van der Waals surface area (Å²) in [6, 6.07) is 8.15. The zero-order chi connectivity index (χ0) is 13.8. The second-order valence-electron chi connectivity index (χ2n) is 4.97. The highest BCUT2D eigenvalue weighted by Crippen LogP contribution is 2.13. The van der Waals surface area contributed by atoms with Crippen LogP contribution in [0.1, 0.15) is 26.3 Å². The largest absolute Gasteiger partial charge is 0.508 e. The highest BCUT2D eigenvalue weighted by atomic mass is 16.3. The van der Waals surface area contributed by atoms with Gasteiger partial charge in [0.25, 0.3) is 5.91 Å². The maximum absolute atomic E-state index is 11.8. The normalized spacial score (nSPS) is 11.8. The Hall–Kier alpha value is -2.28. The van der Waals surface area contributed by atoms with E-state index in [1.807, 2.05) is 26.8 Å². The Bertz CT molecular complexity index is 502. The number of hydrogen-bond donors (Lipinski definition) is 2. The number of aromatic hydroxyl groups is 1. The lowest BCUT2D eigenvalue weighted by Gasteiger charge is -2.19. The molecule has 0 saturated heterocycles. The zero-order valence-electron chi connectivity index (χ0n) is 10.7. The van der Waals surface area contributed by atoms with Gasteiger partial charge in [0.2, 0.25) is 0 Å². The van der Waals surface area contributed by atoms with E-state index in [-0.39, 0.29) is 16.9 Å². The standard InChI is InChI=1S/C14H16N2O2/c1-14(2,3)16-13(18)11(9-15)8-10-4-6-12(17)7-5-10/h4-8,17H,1-3H3,(H,16,18)/b11-8+. The number of nitrogens with one attached hydrogen (secondary N) is 1. The van der Waals surface area contributed by atoms with Crippen molar-refractivity contribution >= 4 is 12.0 Å². The number of carbonyl (C=O) groups is 1. The van der Waals surface area contributed by atoms with Gasteiger partial charge in [0.15, 0.2) is 0 Å². The summed E-state index contributed by atoms with van der Waals surface area (Å²) in [4.78, 5) is 11.8. The molecule has 0 aliphatic rings. The Morgan fingerprint density at radius 3 is 2.33 bits per heavy atom. The van der Waals surface area contributed by atoms with E-state index >= 15 is 0 Å². The molecule has 1 aromatic carbocycles. The molecule has 0 bridgehead atoms. The van der Waals surface area contributed by atoms with E-state index in [4.69, 9.17) is 10.4 Å². The lowest BCUT2D eigenvalue weighted by atomic mass is 10.1. The van der Waals surface area contributed by atoms with Gasteiger partial charge >= 0.3 is 0 Å². The SMILES string of the molecule is CC(C)(C)NC(=O)/C(C#N)=C/c1ccc(O)cc1. The van der Waals surface area contributed by atoms with Crippen LogP contribution in [-0.4, -0.2) is 16.6 Å². The molecule has 0 unspecified atom stereocenters. The Morgan fingerprint density at radius 2 is 1.89 bits per heavy atom. The van der Waals surface area contributed by atoms with E-state index in [0.717, 1.165) is 0 Å². The summed E-state index contributed by atoms with van der Waals surface area (Å²) in [7, 11) is 0. The van der Waals surface area contributed by atoms with Gasteiger partial charge in [-0.15, -0.1) is 0 Å². The first-order valence-electron chi connectivity index (χ1n) is 5.55. The molecular weight excluding hydrogens is 228 g/mol. The maximum Gasteiger partial charge on any atom is 0.262 e. The fourth-order valence-corrected chi connectivity index (χ4v) is 1.29. The van der Waals surface area contributed by atoms with Crippen LogP contribution in [0.3, 0.4) is 0 Å². The number of benzene rings is 1. The van der Waals surface area contributed by atoms with Crippen LogP contribution in [0, 0.1) is 11.3 Å². The number of phenolic OH excluding ortho intramolecular Hbond substituents is 1. The number of rotatable bonds is 2. The summed E-state index contributed by atoms with van der Waals surface area (Å²) in [6.07, 6.45) is 1.49. The lowest BCUT2D eigenvalue weighted by Crippen LogP contribution is -2.41. The van der Waals surface area contributed by atoms with E-state index in [1.54, 1.807) is 12.1 Å². The van der Waals surface area contributed by atoms with E-state index in [0.29, 0.717) is 5.56 Å². The number of nitrogens with zero attached hydrogens (tertiary/aromatic N) is 1. The van der Waals surface area contributed by atoms with Crippen LogP contribution in [-0.2, 0) is 4.79 Å². The molecule has 1 rings (SSSR count). The highest BCUT2D eigenvalue weighted by molar-refractivity contribution is 6.02. The molecule has 0 fully saturated rings. The fraction of sp³-hybridized carbons (Fsp3) is 0.286. The van der Waals surface area contributed by atoms with Gasteiger partial charge < -0.3 is 10.4 Å². The first kappa shape index (κ1) is 13.8. The van der Waals surface area contributed by atoms with Crippen molar-refractivity contribution in [1.29, 1.82) is 5.26 Å². The van der Waals surface area contributed by atoms with Crippen molar-refractivity contribution in [3.63, 3.8) is 0 Å². The monoisotopic (exact) mass is 244 g/mol. The summed E-state index contributed by atoms with van der Waals surface area (Å²) in [5, 5.41) is 20.8. The smallest absolute Gasteiger partial charge is 0.262 e. The van der Waals surface area contributed by atoms with Crippen LogP contribution >= 0.6 is 0 Å². The maximum atomic E-state index is 11.8. The van der Waals surface area contributed by atoms with Gasteiger partial charge in [-0.2, -0.15) is 5.26 Å². The molecule has 2 N–H and O–H groups in total. The van der Waals surface area contributed by atoms with Crippen LogP contribution in [0.5, 0.6) is 5.75 Å². The van der Waals surface area contributed by atoms with Crippen LogP contribution < -0.4 is 5.32 Å². The van der Waals surface area contributed by atoms with Gasteiger partial charge in [-0.3, -0.25) is 4.79 Å². The summed E-state index contributed by atoms with van der Waals surface area (Å²) in [5.74, 6) is -0.261. The molecule has 0 aromatic heterocycles. The van der Waals surface area contributed by atoms with Gasteiger partial charge in [0.1, 0.15) is 17.4 Å². The van der Waals surface area contributed by atoms with Crippen molar-refractivity contribution in [2.45, 2.75) is 26.3 Å². The summed E-state index contributed by atoms with van der Waals surface area (Å²) in [6.45, 7) is 5.54. The molecule has 0 spiro atoms. The highest BCUT2D eigenvalue weighted by Gasteiger charge is 2.16. The predicted molar refractivity (Wildman–Crippen MR) is 69.6 cm³/mol. The summed E-state index contributed by atoms with van der Waals surface area (Å²) < 4.78 is 0. The van der Waals surface area contributed by atoms with Gasteiger partial charge in [0.05, 0.1) is 0 Å². The number of phenols is 1. The molecule has 0 heterocycles.